The van der Waals surface area contributed by atoms with E-state index in [1.807, 2.05) is 12.1 Å². The molecule has 1 aromatic rings. The Labute approximate surface area is 87.9 Å². The number of halogens is 1. The summed E-state index contributed by atoms with van der Waals surface area (Å²) >= 11 is 3.40. The van der Waals surface area contributed by atoms with Crippen LogP contribution in [0.1, 0.15) is 31.9 Å². The van der Waals surface area contributed by atoms with E-state index in [0.717, 1.165) is 10.0 Å². The zero-order valence-electron chi connectivity index (χ0n) is 8.26. The summed E-state index contributed by atoms with van der Waals surface area (Å²) in [6.45, 7) is 6.58. The highest BCUT2D eigenvalue weighted by atomic mass is 79.9. The van der Waals surface area contributed by atoms with Crippen molar-refractivity contribution in [2.24, 2.45) is 0 Å². The lowest BCUT2D eigenvalue weighted by Crippen LogP contribution is -2.11. The highest BCUT2D eigenvalue weighted by Crippen LogP contribution is 2.26. The van der Waals surface area contributed by atoms with Gasteiger partial charge in [-0.25, -0.2) is 0 Å². The van der Waals surface area contributed by atoms with Gasteiger partial charge in [0.2, 0.25) is 0 Å². The number of rotatable bonds is 1. The Kier molecular flexibility index (Phi) is 3.14. The van der Waals surface area contributed by atoms with Crippen LogP contribution in [-0.4, -0.2) is 5.11 Å². The maximum absolute atomic E-state index is 9.08. The molecule has 72 valence electrons. The molecular formula is C11H15BrO. The van der Waals surface area contributed by atoms with Crippen molar-refractivity contribution in [2.45, 2.75) is 32.8 Å². The Bertz CT molecular complexity index is 299. The minimum atomic E-state index is 0.0878. The molecule has 0 heterocycles. The summed E-state index contributed by atoms with van der Waals surface area (Å²) in [5.41, 5.74) is 2.34. The van der Waals surface area contributed by atoms with Crippen LogP contribution in [-0.2, 0) is 12.0 Å². The largest absolute Gasteiger partial charge is 0.392 e. The first kappa shape index (κ1) is 10.7. The Hall–Kier alpha value is -0.340. The number of aliphatic hydroxyl groups excluding tert-OH is 1. The molecule has 0 aromatic heterocycles. The maximum Gasteiger partial charge on any atom is 0.0692 e. The minimum Gasteiger partial charge on any atom is -0.392 e. The van der Waals surface area contributed by atoms with E-state index < -0.39 is 0 Å². The molecule has 13 heavy (non-hydrogen) atoms. The third-order valence-electron chi connectivity index (χ3n) is 2.08. The fraction of sp³-hybridized carbons (Fsp3) is 0.455. The molecule has 0 spiro atoms. The number of aliphatic hydroxyl groups is 1. The van der Waals surface area contributed by atoms with Crippen molar-refractivity contribution in [1.82, 2.24) is 0 Å². The van der Waals surface area contributed by atoms with Crippen LogP contribution in [0.15, 0.2) is 22.7 Å². The van der Waals surface area contributed by atoms with E-state index in [9.17, 15) is 0 Å². The molecule has 2 heteroatoms. The van der Waals surface area contributed by atoms with Gasteiger partial charge in [-0.2, -0.15) is 0 Å². The quantitative estimate of drug-likeness (QED) is 0.802. The molecule has 0 unspecified atom stereocenters. The first-order chi connectivity index (χ1) is 5.95. The van der Waals surface area contributed by atoms with Crippen molar-refractivity contribution >= 4 is 15.9 Å². The third-order valence-corrected chi connectivity index (χ3v) is 2.86. The van der Waals surface area contributed by atoms with Crippen molar-refractivity contribution in [3.05, 3.63) is 33.8 Å². The molecule has 0 saturated heterocycles. The van der Waals surface area contributed by atoms with Gasteiger partial charge in [0, 0.05) is 4.47 Å². The van der Waals surface area contributed by atoms with Crippen LogP contribution in [0.4, 0.5) is 0 Å². The number of hydrogen-bond acceptors (Lipinski definition) is 1. The predicted octanol–water partition coefficient (Wildman–Crippen LogP) is 3.24. The van der Waals surface area contributed by atoms with Crippen molar-refractivity contribution in [2.75, 3.05) is 0 Å². The van der Waals surface area contributed by atoms with Gasteiger partial charge < -0.3 is 5.11 Å². The van der Waals surface area contributed by atoms with Crippen LogP contribution in [0.5, 0.6) is 0 Å². The Morgan fingerprint density at radius 1 is 1.31 bits per heavy atom. The molecule has 0 fully saturated rings. The van der Waals surface area contributed by atoms with Gasteiger partial charge in [0.25, 0.3) is 0 Å². The van der Waals surface area contributed by atoms with Gasteiger partial charge in [0.1, 0.15) is 0 Å². The van der Waals surface area contributed by atoms with Gasteiger partial charge in [0.05, 0.1) is 6.61 Å². The van der Waals surface area contributed by atoms with Crippen molar-refractivity contribution in [3.63, 3.8) is 0 Å². The van der Waals surface area contributed by atoms with Crippen LogP contribution in [0.3, 0.4) is 0 Å². The smallest absolute Gasteiger partial charge is 0.0692 e. The van der Waals surface area contributed by atoms with E-state index in [1.165, 1.54) is 5.56 Å². The van der Waals surface area contributed by atoms with Crippen molar-refractivity contribution in [1.29, 1.82) is 0 Å². The van der Waals surface area contributed by atoms with Crippen molar-refractivity contribution in [3.8, 4) is 0 Å². The van der Waals surface area contributed by atoms with E-state index in [2.05, 4.69) is 42.8 Å². The molecule has 0 aliphatic heterocycles. The highest BCUT2D eigenvalue weighted by Gasteiger charge is 2.14. The monoisotopic (exact) mass is 242 g/mol. The molecule has 0 saturated carbocycles. The van der Waals surface area contributed by atoms with E-state index in [-0.39, 0.29) is 12.0 Å². The Morgan fingerprint density at radius 3 is 2.38 bits per heavy atom. The van der Waals surface area contributed by atoms with Gasteiger partial charge in [-0.15, -0.1) is 0 Å². The molecule has 1 nitrogen and oxygen atoms in total. The summed E-state index contributed by atoms with van der Waals surface area (Å²) in [4.78, 5) is 0. The van der Waals surface area contributed by atoms with Crippen LogP contribution in [0, 0.1) is 0 Å². The van der Waals surface area contributed by atoms with Gasteiger partial charge in [-0.05, 0) is 22.6 Å². The van der Waals surface area contributed by atoms with Crippen LogP contribution in [0.25, 0.3) is 0 Å². The molecule has 0 bridgehead atoms. The normalized spacial score (nSPS) is 11.8. The van der Waals surface area contributed by atoms with Crippen LogP contribution >= 0.6 is 15.9 Å². The summed E-state index contributed by atoms with van der Waals surface area (Å²) in [6, 6.07) is 6.12. The zero-order chi connectivity index (χ0) is 10.1. The molecule has 1 aromatic carbocycles. The fourth-order valence-corrected chi connectivity index (χ4v) is 1.53. The first-order valence-electron chi connectivity index (χ1n) is 4.35. The maximum atomic E-state index is 9.08. The lowest BCUT2D eigenvalue weighted by atomic mass is 9.86. The molecule has 1 N–H and O–H groups in total. The van der Waals surface area contributed by atoms with E-state index in [4.69, 9.17) is 5.11 Å². The first-order valence-corrected chi connectivity index (χ1v) is 5.14. The Balaban J connectivity index is 3.14. The molecule has 0 amide bonds. The van der Waals surface area contributed by atoms with Gasteiger partial charge in [0.15, 0.2) is 0 Å². The van der Waals surface area contributed by atoms with Crippen LogP contribution in [0.2, 0.25) is 0 Å². The molecule has 0 aliphatic rings. The summed E-state index contributed by atoms with van der Waals surface area (Å²) in [5, 5.41) is 9.08. The average Bonchev–Trinajstić information content (AvgIpc) is 2.03. The average molecular weight is 243 g/mol. The van der Waals surface area contributed by atoms with Gasteiger partial charge >= 0.3 is 0 Å². The molecule has 0 radical (unpaired) electrons. The predicted molar refractivity (Wildman–Crippen MR) is 58.8 cm³/mol. The number of hydrogen-bond donors (Lipinski definition) is 1. The third kappa shape index (κ3) is 2.55. The second-order valence-corrected chi connectivity index (χ2v) is 5.07. The minimum absolute atomic E-state index is 0.0878. The van der Waals surface area contributed by atoms with Crippen molar-refractivity contribution < 1.29 is 5.11 Å². The lowest BCUT2D eigenvalue weighted by molar-refractivity contribution is 0.281. The van der Waals surface area contributed by atoms with E-state index in [0.29, 0.717) is 0 Å². The number of benzene rings is 1. The molecule has 0 atom stereocenters. The molecule has 1 rings (SSSR count). The summed E-state index contributed by atoms with van der Waals surface area (Å²) in [6.07, 6.45) is 0. The standard InChI is InChI=1S/C11H15BrO/c1-11(2,3)9-4-5-10(12)8(6-9)7-13/h4-6,13H,7H2,1-3H3. The van der Waals surface area contributed by atoms with E-state index >= 15 is 0 Å². The van der Waals surface area contributed by atoms with Gasteiger partial charge in [-0.1, -0.05) is 48.8 Å². The van der Waals surface area contributed by atoms with E-state index in [1.54, 1.807) is 0 Å². The van der Waals surface area contributed by atoms with Crippen LogP contribution < -0.4 is 0 Å². The summed E-state index contributed by atoms with van der Waals surface area (Å²) < 4.78 is 0.975. The van der Waals surface area contributed by atoms with Gasteiger partial charge in [-0.3, -0.25) is 0 Å². The summed E-state index contributed by atoms with van der Waals surface area (Å²) in [5.74, 6) is 0. The second-order valence-electron chi connectivity index (χ2n) is 4.21. The zero-order valence-corrected chi connectivity index (χ0v) is 9.85. The highest BCUT2D eigenvalue weighted by molar-refractivity contribution is 9.10. The SMILES string of the molecule is CC(C)(C)c1ccc(Br)c(CO)c1. The molecule has 0 aliphatic carbocycles. The second kappa shape index (κ2) is 3.81. The molecular weight excluding hydrogens is 228 g/mol. The summed E-state index contributed by atoms with van der Waals surface area (Å²) in [7, 11) is 0. The Morgan fingerprint density at radius 2 is 1.92 bits per heavy atom. The topological polar surface area (TPSA) is 20.2 Å². The lowest BCUT2D eigenvalue weighted by Gasteiger charge is -2.20. The fourth-order valence-electron chi connectivity index (χ4n) is 1.16.